The summed E-state index contributed by atoms with van der Waals surface area (Å²) in [6, 6.07) is 18.8. The van der Waals surface area contributed by atoms with E-state index >= 15 is 0 Å². The van der Waals surface area contributed by atoms with Crippen LogP contribution in [0.5, 0.6) is 0 Å². The van der Waals surface area contributed by atoms with Crippen LogP contribution in [0.15, 0.2) is 90.5 Å². The van der Waals surface area contributed by atoms with E-state index in [0.717, 1.165) is 11.3 Å². The van der Waals surface area contributed by atoms with Gasteiger partial charge in [-0.2, -0.15) is 0 Å². The molecular formula is C22H29NS. The second kappa shape index (κ2) is 7.14. The van der Waals surface area contributed by atoms with E-state index < -0.39 is 9.16 Å². The molecular weight excluding hydrogens is 310 g/mol. The second-order valence-corrected chi connectivity index (χ2v) is 15.8. The van der Waals surface area contributed by atoms with Gasteiger partial charge in [0.15, 0.2) is 0 Å². The van der Waals surface area contributed by atoms with Crippen molar-refractivity contribution in [2.75, 3.05) is 30.3 Å². The third-order valence-corrected chi connectivity index (χ3v) is 4.74. The van der Waals surface area contributed by atoms with Crippen LogP contribution in [0.4, 0.5) is 5.69 Å². The summed E-state index contributed by atoms with van der Waals surface area (Å²) in [5, 5.41) is 5.64. The van der Waals surface area contributed by atoms with Crippen LogP contribution in [-0.4, -0.2) is 25.0 Å². The Kier molecular flexibility index (Phi) is 5.40. The topological polar surface area (TPSA) is 12.0 Å². The Labute approximate surface area is 147 Å². The zero-order chi connectivity index (χ0) is 17.7. The molecule has 2 rings (SSSR count). The summed E-state index contributed by atoms with van der Waals surface area (Å²) in [5.74, 6) is 0. The van der Waals surface area contributed by atoms with Crippen molar-refractivity contribution in [3.63, 3.8) is 0 Å². The molecule has 0 saturated carbocycles. The second-order valence-electron chi connectivity index (χ2n) is 8.03. The molecule has 0 aliphatic carbocycles. The summed E-state index contributed by atoms with van der Waals surface area (Å²) in [6.07, 6.45) is 15.4. The molecule has 1 N–H and O–H groups in total. The highest BCUT2D eigenvalue weighted by molar-refractivity contribution is 8.49. The minimum Gasteiger partial charge on any atom is -0.362 e. The molecule has 24 heavy (non-hydrogen) atoms. The van der Waals surface area contributed by atoms with Gasteiger partial charge in [0.2, 0.25) is 0 Å². The molecule has 2 aromatic carbocycles. The Bertz CT molecular complexity index is 752. The molecule has 0 aromatic heterocycles. The van der Waals surface area contributed by atoms with E-state index in [-0.39, 0.29) is 0 Å². The maximum absolute atomic E-state index is 4.09. The van der Waals surface area contributed by atoms with Gasteiger partial charge in [0, 0.05) is 11.9 Å². The lowest BCUT2D eigenvalue weighted by Gasteiger charge is -2.43. The van der Waals surface area contributed by atoms with Crippen LogP contribution in [0.3, 0.4) is 0 Å². The van der Waals surface area contributed by atoms with Gasteiger partial charge in [-0.1, -0.05) is 60.5 Å². The molecule has 0 aliphatic rings. The summed E-state index contributed by atoms with van der Waals surface area (Å²) in [6.45, 7) is 4.09. The highest BCUT2D eigenvalue weighted by atomic mass is 32.3. The maximum atomic E-state index is 4.09. The lowest BCUT2D eigenvalue weighted by Crippen LogP contribution is -2.05. The SMILES string of the molecule is C=C(/C=C\Nc1cccc(-c2ccccc2)c1)/C=C\[SH](C)(C)(C)C. The number of hydrogen-bond acceptors (Lipinski definition) is 1. The molecule has 0 unspecified atom stereocenters. The van der Waals surface area contributed by atoms with Crippen LogP contribution in [0.2, 0.25) is 0 Å². The number of anilines is 1. The van der Waals surface area contributed by atoms with Gasteiger partial charge < -0.3 is 5.32 Å². The van der Waals surface area contributed by atoms with Gasteiger partial charge in [-0.15, -0.1) is 0 Å². The van der Waals surface area contributed by atoms with Crippen molar-refractivity contribution in [1.82, 2.24) is 0 Å². The van der Waals surface area contributed by atoms with Crippen molar-refractivity contribution < 1.29 is 0 Å². The third kappa shape index (κ3) is 6.51. The number of nitrogens with one attached hydrogen (secondary N) is 1. The monoisotopic (exact) mass is 339 g/mol. The minimum absolute atomic E-state index is 1.00. The average Bonchev–Trinajstić information content (AvgIpc) is 2.53. The molecule has 0 fully saturated rings. The number of allylic oxidation sites excluding steroid dienone is 3. The predicted octanol–water partition coefficient (Wildman–Crippen LogP) is 5.94. The lowest BCUT2D eigenvalue weighted by atomic mass is 10.1. The fourth-order valence-electron chi connectivity index (χ4n) is 2.11. The summed E-state index contributed by atoms with van der Waals surface area (Å²) in [7, 11) is -1.62. The molecule has 0 aliphatic heterocycles. The molecule has 0 heterocycles. The van der Waals surface area contributed by atoms with Crippen LogP contribution in [0.1, 0.15) is 0 Å². The maximum Gasteiger partial charge on any atom is 0.0385 e. The first-order valence-corrected chi connectivity index (χ1v) is 12.3. The van der Waals surface area contributed by atoms with Gasteiger partial charge in [-0.3, -0.25) is 9.16 Å². The Morgan fingerprint density at radius 1 is 0.875 bits per heavy atom. The van der Waals surface area contributed by atoms with Crippen LogP contribution in [0.25, 0.3) is 11.1 Å². The van der Waals surface area contributed by atoms with E-state index in [1.54, 1.807) is 0 Å². The fourth-order valence-corrected chi connectivity index (χ4v) is 2.90. The molecule has 0 bridgehead atoms. The number of benzene rings is 2. The van der Waals surface area contributed by atoms with E-state index in [9.17, 15) is 0 Å². The van der Waals surface area contributed by atoms with Crippen LogP contribution in [-0.2, 0) is 0 Å². The highest BCUT2D eigenvalue weighted by Gasteiger charge is 2.12. The van der Waals surface area contributed by atoms with Gasteiger partial charge in [0.05, 0.1) is 0 Å². The third-order valence-electron chi connectivity index (χ3n) is 3.40. The molecule has 1 nitrogen and oxygen atoms in total. The molecule has 0 atom stereocenters. The standard InChI is InChI=1S/C22H29NS/c1-19(15-17-24(2,3,4)5)14-16-23-22-13-9-12-21(18-22)20-10-7-6-8-11-20/h6-18,23-24H,1H2,2-5H3/b16-14-,17-15-. The number of rotatable bonds is 6. The number of hydrogen-bond donors (Lipinski definition) is 2. The largest absolute Gasteiger partial charge is 0.362 e. The van der Waals surface area contributed by atoms with Crippen LogP contribution >= 0.6 is 9.16 Å². The predicted molar refractivity (Wildman–Crippen MR) is 116 cm³/mol. The fraction of sp³-hybridized carbons (Fsp3) is 0.182. The van der Waals surface area contributed by atoms with Crippen molar-refractivity contribution in [3.8, 4) is 11.1 Å². The lowest BCUT2D eigenvalue weighted by molar-refractivity contribution is 1.55. The Morgan fingerprint density at radius 3 is 2.21 bits per heavy atom. The smallest absolute Gasteiger partial charge is 0.0385 e. The van der Waals surface area contributed by atoms with E-state index in [1.807, 2.05) is 18.3 Å². The Morgan fingerprint density at radius 2 is 1.54 bits per heavy atom. The molecule has 0 radical (unpaired) electrons. The first-order valence-electron chi connectivity index (χ1n) is 8.17. The normalized spacial score (nSPS) is 13.8. The van der Waals surface area contributed by atoms with Gasteiger partial charge in [-0.25, -0.2) is 0 Å². The first kappa shape index (κ1) is 18.2. The van der Waals surface area contributed by atoms with Crippen LogP contribution in [0, 0.1) is 0 Å². The molecule has 2 aromatic rings. The van der Waals surface area contributed by atoms with E-state index in [0.29, 0.717) is 0 Å². The highest BCUT2D eigenvalue weighted by Crippen LogP contribution is 2.57. The molecule has 2 heteroatoms. The zero-order valence-electron chi connectivity index (χ0n) is 15.2. The quantitative estimate of drug-likeness (QED) is 0.490. The summed E-state index contributed by atoms with van der Waals surface area (Å²) in [5.41, 5.74) is 4.50. The van der Waals surface area contributed by atoms with E-state index in [4.69, 9.17) is 0 Å². The van der Waals surface area contributed by atoms with Gasteiger partial charge >= 0.3 is 0 Å². The Hall–Kier alpha value is -2.19. The van der Waals surface area contributed by atoms with E-state index in [2.05, 4.69) is 96.9 Å². The molecule has 128 valence electrons. The summed E-state index contributed by atoms with van der Waals surface area (Å²) >= 11 is 0. The average molecular weight is 340 g/mol. The van der Waals surface area contributed by atoms with Crippen molar-refractivity contribution in [2.24, 2.45) is 0 Å². The molecule has 0 saturated heterocycles. The van der Waals surface area contributed by atoms with Crippen molar-refractivity contribution in [1.29, 1.82) is 0 Å². The summed E-state index contributed by atoms with van der Waals surface area (Å²) in [4.78, 5) is 0. The zero-order valence-corrected chi connectivity index (χ0v) is 16.1. The Balaban J connectivity index is 2.01. The number of thiol groups is 1. The summed E-state index contributed by atoms with van der Waals surface area (Å²) < 4.78 is 0. The van der Waals surface area contributed by atoms with Gasteiger partial charge in [0.25, 0.3) is 0 Å². The van der Waals surface area contributed by atoms with Crippen molar-refractivity contribution in [3.05, 3.63) is 90.5 Å². The first-order chi connectivity index (χ1) is 11.2. The minimum atomic E-state index is -1.62. The van der Waals surface area contributed by atoms with Gasteiger partial charge in [0.1, 0.15) is 0 Å². The molecule has 0 amide bonds. The van der Waals surface area contributed by atoms with Crippen LogP contribution < -0.4 is 5.32 Å². The van der Waals surface area contributed by atoms with Crippen molar-refractivity contribution >= 4 is 14.8 Å². The van der Waals surface area contributed by atoms with Gasteiger partial charge in [-0.05, 0) is 59.9 Å². The van der Waals surface area contributed by atoms with E-state index in [1.165, 1.54) is 11.1 Å². The molecule has 0 spiro atoms. The van der Waals surface area contributed by atoms with Crippen molar-refractivity contribution in [2.45, 2.75) is 0 Å².